The highest BCUT2D eigenvalue weighted by atomic mass is 32.1. The Bertz CT molecular complexity index is 411. The Morgan fingerprint density at radius 2 is 2.13 bits per heavy atom. The molecule has 1 N–H and O–H groups in total. The SMILES string of the molecule is COc1ccccc1CNc1ccsc1. The zero-order valence-electron chi connectivity index (χ0n) is 8.57. The van der Waals surface area contributed by atoms with E-state index in [0.29, 0.717) is 0 Å². The van der Waals surface area contributed by atoms with Crippen LogP contribution in [0.15, 0.2) is 41.1 Å². The lowest BCUT2D eigenvalue weighted by molar-refractivity contribution is 0.410. The van der Waals surface area contributed by atoms with Gasteiger partial charge in [-0.05, 0) is 17.5 Å². The molecule has 0 saturated heterocycles. The molecule has 2 nitrogen and oxygen atoms in total. The van der Waals surface area contributed by atoms with Crippen molar-refractivity contribution in [1.82, 2.24) is 0 Å². The first-order valence-corrected chi connectivity index (χ1v) is 5.72. The Hall–Kier alpha value is -1.48. The van der Waals surface area contributed by atoms with E-state index in [0.717, 1.165) is 18.0 Å². The van der Waals surface area contributed by atoms with Gasteiger partial charge >= 0.3 is 0 Å². The number of ether oxygens (including phenoxy) is 1. The highest BCUT2D eigenvalue weighted by molar-refractivity contribution is 7.08. The third-order valence-electron chi connectivity index (χ3n) is 2.20. The molecule has 78 valence electrons. The molecule has 0 aliphatic carbocycles. The number of hydrogen-bond donors (Lipinski definition) is 1. The first kappa shape index (κ1) is 10.1. The summed E-state index contributed by atoms with van der Waals surface area (Å²) in [6, 6.07) is 10.1. The molecule has 1 aromatic heterocycles. The largest absolute Gasteiger partial charge is 0.496 e. The fourth-order valence-electron chi connectivity index (χ4n) is 1.41. The van der Waals surface area contributed by atoms with Crippen LogP contribution in [0.5, 0.6) is 5.75 Å². The Kier molecular flexibility index (Phi) is 3.25. The van der Waals surface area contributed by atoms with Crippen molar-refractivity contribution in [2.75, 3.05) is 12.4 Å². The van der Waals surface area contributed by atoms with Crippen LogP contribution in [0.2, 0.25) is 0 Å². The van der Waals surface area contributed by atoms with Crippen LogP contribution in [0, 0.1) is 0 Å². The zero-order chi connectivity index (χ0) is 10.5. The minimum Gasteiger partial charge on any atom is -0.496 e. The van der Waals surface area contributed by atoms with Gasteiger partial charge in [-0.1, -0.05) is 18.2 Å². The molecule has 1 heterocycles. The molecule has 0 fully saturated rings. The number of methoxy groups -OCH3 is 1. The standard InChI is InChI=1S/C12H13NOS/c1-14-12-5-3-2-4-10(12)8-13-11-6-7-15-9-11/h2-7,9,13H,8H2,1H3. The Morgan fingerprint density at radius 1 is 1.27 bits per heavy atom. The smallest absolute Gasteiger partial charge is 0.123 e. The minimum atomic E-state index is 0.792. The van der Waals surface area contributed by atoms with E-state index in [4.69, 9.17) is 4.74 Å². The number of thiophene rings is 1. The summed E-state index contributed by atoms with van der Waals surface area (Å²) < 4.78 is 5.28. The van der Waals surface area contributed by atoms with Gasteiger partial charge in [0.05, 0.1) is 7.11 Å². The molecule has 15 heavy (non-hydrogen) atoms. The number of para-hydroxylation sites is 1. The average molecular weight is 219 g/mol. The van der Waals surface area contributed by atoms with Crippen LogP contribution in [-0.4, -0.2) is 7.11 Å². The third kappa shape index (κ3) is 2.50. The van der Waals surface area contributed by atoms with Gasteiger partial charge in [-0.15, -0.1) is 0 Å². The molecular formula is C12H13NOS. The molecule has 0 aliphatic heterocycles. The maximum atomic E-state index is 5.28. The number of hydrogen-bond acceptors (Lipinski definition) is 3. The second-order valence-corrected chi connectivity index (χ2v) is 3.96. The van der Waals surface area contributed by atoms with Crippen LogP contribution < -0.4 is 10.1 Å². The first-order valence-electron chi connectivity index (χ1n) is 4.78. The van der Waals surface area contributed by atoms with Gasteiger partial charge < -0.3 is 10.1 Å². The van der Waals surface area contributed by atoms with Crippen molar-refractivity contribution in [3.05, 3.63) is 46.7 Å². The highest BCUT2D eigenvalue weighted by Gasteiger charge is 2.00. The zero-order valence-corrected chi connectivity index (χ0v) is 9.38. The Morgan fingerprint density at radius 3 is 2.87 bits per heavy atom. The monoisotopic (exact) mass is 219 g/mol. The van der Waals surface area contributed by atoms with Crippen LogP contribution in [-0.2, 0) is 6.54 Å². The van der Waals surface area contributed by atoms with Gasteiger partial charge in [0.25, 0.3) is 0 Å². The van der Waals surface area contributed by atoms with Gasteiger partial charge in [0.1, 0.15) is 5.75 Å². The molecule has 0 atom stereocenters. The predicted octanol–water partition coefficient (Wildman–Crippen LogP) is 3.37. The fraction of sp³-hybridized carbons (Fsp3) is 0.167. The van der Waals surface area contributed by atoms with Crippen LogP contribution in [0.1, 0.15) is 5.56 Å². The van der Waals surface area contributed by atoms with Crippen molar-refractivity contribution in [3.63, 3.8) is 0 Å². The Balaban J connectivity index is 2.04. The van der Waals surface area contributed by atoms with Crippen LogP contribution in [0.3, 0.4) is 0 Å². The second-order valence-electron chi connectivity index (χ2n) is 3.18. The first-order chi connectivity index (χ1) is 7.40. The molecule has 2 rings (SSSR count). The molecule has 1 aromatic carbocycles. The van der Waals surface area contributed by atoms with Crippen LogP contribution in [0.4, 0.5) is 5.69 Å². The summed E-state index contributed by atoms with van der Waals surface area (Å²) in [6.45, 7) is 0.792. The van der Waals surface area contributed by atoms with E-state index >= 15 is 0 Å². The van der Waals surface area contributed by atoms with E-state index in [1.165, 1.54) is 5.56 Å². The lowest BCUT2D eigenvalue weighted by Gasteiger charge is -2.08. The van der Waals surface area contributed by atoms with Crippen molar-refractivity contribution >= 4 is 17.0 Å². The molecule has 0 radical (unpaired) electrons. The van der Waals surface area contributed by atoms with Gasteiger partial charge in [0.2, 0.25) is 0 Å². The van der Waals surface area contributed by atoms with Crippen LogP contribution in [0.25, 0.3) is 0 Å². The average Bonchev–Trinajstić information content (AvgIpc) is 2.79. The van der Waals surface area contributed by atoms with Gasteiger partial charge in [-0.2, -0.15) is 11.3 Å². The van der Waals surface area contributed by atoms with Crippen molar-refractivity contribution in [1.29, 1.82) is 0 Å². The summed E-state index contributed by atoms with van der Waals surface area (Å²) in [5, 5.41) is 7.50. The fourth-order valence-corrected chi connectivity index (χ4v) is 2.02. The van der Waals surface area contributed by atoms with Crippen molar-refractivity contribution in [3.8, 4) is 5.75 Å². The lowest BCUT2D eigenvalue weighted by atomic mass is 10.2. The van der Waals surface area contributed by atoms with Crippen molar-refractivity contribution in [2.24, 2.45) is 0 Å². The molecule has 0 saturated carbocycles. The number of anilines is 1. The topological polar surface area (TPSA) is 21.3 Å². The molecule has 0 bridgehead atoms. The molecule has 0 spiro atoms. The molecule has 0 amide bonds. The molecule has 2 aromatic rings. The Labute approximate surface area is 93.5 Å². The summed E-state index contributed by atoms with van der Waals surface area (Å²) in [5.74, 6) is 0.931. The lowest BCUT2D eigenvalue weighted by Crippen LogP contribution is -2.00. The van der Waals surface area contributed by atoms with Gasteiger partial charge in [0, 0.05) is 23.2 Å². The molecule has 3 heteroatoms. The molecule has 0 aliphatic rings. The maximum Gasteiger partial charge on any atom is 0.123 e. The highest BCUT2D eigenvalue weighted by Crippen LogP contribution is 2.19. The summed E-state index contributed by atoms with van der Waals surface area (Å²) in [6.07, 6.45) is 0. The van der Waals surface area contributed by atoms with E-state index in [1.807, 2.05) is 18.2 Å². The quantitative estimate of drug-likeness (QED) is 0.851. The summed E-state index contributed by atoms with van der Waals surface area (Å²) in [7, 11) is 1.70. The normalized spacial score (nSPS) is 9.93. The second kappa shape index (κ2) is 4.84. The van der Waals surface area contributed by atoms with Crippen LogP contribution >= 0.6 is 11.3 Å². The maximum absolute atomic E-state index is 5.28. The summed E-state index contributed by atoms with van der Waals surface area (Å²) in [5.41, 5.74) is 2.33. The molecule has 0 unspecified atom stereocenters. The van der Waals surface area contributed by atoms with E-state index in [1.54, 1.807) is 18.4 Å². The third-order valence-corrected chi connectivity index (χ3v) is 2.88. The number of rotatable bonds is 4. The molecular weight excluding hydrogens is 206 g/mol. The van der Waals surface area contributed by atoms with Gasteiger partial charge in [-0.25, -0.2) is 0 Å². The van der Waals surface area contributed by atoms with Gasteiger partial charge in [-0.3, -0.25) is 0 Å². The van der Waals surface area contributed by atoms with Gasteiger partial charge in [0.15, 0.2) is 0 Å². The minimum absolute atomic E-state index is 0.792. The predicted molar refractivity (Wildman–Crippen MR) is 64.6 cm³/mol. The van der Waals surface area contributed by atoms with E-state index < -0.39 is 0 Å². The van der Waals surface area contributed by atoms with E-state index in [9.17, 15) is 0 Å². The number of benzene rings is 1. The summed E-state index contributed by atoms with van der Waals surface area (Å²) in [4.78, 5) is 0. The van der Waals surface area contributed by atoms with Crippen molar-refractivity contribution in [2.45, 2.75) is 6.54 Å². The summed E-state index contributed by atoms with van der Waals surface area (Å²) >= 11 is 1.69. The van der Waals surface area contributed by atoms with Crippen molar-refractivity contribution < 1.29 is 4.74 Å². The number of nitrogens with one attached hydrogen (secondary N) is 1. The van der Waals surface area contributed by atoms with E-state index in [-0.39, 0.29) is 0 Å². The van der Waals surface area contributed by atoms with E-state index in [2.05, 4.69) is 28.2 Å².